The van der Waals surface area contributed by atoms with Crippen LogP contribution in [0, 0.1) is 0 Å². The highest BCUT2D eigenvalue weighted by atomic mass is 16.5. The van der Waals surface area contributed by atoms with Gasteiger partial charge in [0, 0.05) is 26.2 Å². The normalized spacial score (nSPS) is 23.6. The second-order valence-corrected chi connectivity index (χ2v) is 5.20. The van der Waals surface area contributed by atoms with Gasteiger partial charge in [-0.1, -0.05) is 24.3 Å². The van der Waals surface area contributed by atoms with Gasteiger partial charge < -0.3 is 15.0 Å². The number of amides is 1. The Bertz CT molecular complexity index is 453. The fourth-order valence-corrected chi connectivity index (χ4v) is 2.82. The van der Waals surface area contributed by atoms with Crippen LogP contribution in [0.25, 0.3) is 0 Å². The zero-order valence-corrected chi connectivity index (χ0v) is 11.1. The monoisotopic (exact) mass is 260 g/mol. The van der Waals surface area contributed by atoms with Gasteiger partial charge in [0.25, 0.3) is 0 Å². The summed E-state index contributed by atoms with van der Waals surface area (Å²) in [7, 11) is 0. The third-order valence-corrected chi connectivity index (χ3v) is 3.91. The third kappa shape index (κ3) is 2.80. The van der Waals surface area contributed by atoms with Crippen LogP contribution in [0.5, 0.6) is 0 Å². The van der Waals surface area contributed by atoms with E-state index in [4.69, 9.17) is 4.74 Å². The van der Waals surface area contributed by atoms with E-state index in [1.54, 1.807) is 0 Å². The van der Waals surface area contributed by atoms with Gasteiger partial charge in [0.05, 0.1) is 12.6 Å². The van der Waals surface area contributed by atoms with Crippen LogP contribution in [0.4, 0.5) is 0 Å². The summed E-state index contributed by atoms with van der Waals surface area (Å²) in [6.45, 7) is 3.76. The average molecular weight is 260 g/mol. The molecule has 1 atom stereocenters. The van der Waals surface area contributed by atoms with E-state index in [9.17, 15) is 4.79 Å². The SMILES string of the molecule is O=C([C@H]1Cc2ccccc2CN1)N1CCCOCC1. The van der Waals surface area contributed by atoms with Gasteiger partial charge in [-0.05, 0) is 24.0 Å². The van der Waals surface area contributed by atoms with Crippen LogP contribution >= 0.6 is 0 Å². The van der Waals surface area contributed by atoms with Crippen LogP contribution in [0.2, 0.25) is 0 Å². The van der Waals surface area contributed by atoms with Gasteiger partial charge in [0.15, 0.2) is 0 Å². The lowest BCUT2D eigenvalue weighted by atomic mass is 9.95. The second kappa shape index (κ2) is 5.72. The van der Waals surface area contributed by atoms with Gasteiger partial charge in [-0.15, -0.1) is 0 Å². The molecule has 3 rings (SSSR count). The molecule has 0 bridgehead atoms. The van der Waals surface area contributed by atoms with E-state index in [0.29, 0.717) is 6.61 Å². The number of rotatable bonds is 1. The van der Waals surface area contributed by atoms with Crippen molar-refractivity contribution in [3.8, 4) is 0 Å². The molecular weight excluding hydrogens is 240 g/mol. The van der Waals surface area contributed by atoms with E-state index in [-0.39, 0.29) is 11.9 Å². The Hall–Kier alpha value is -1.39. The van der Waals surface area contributed by atoms with Gasteiger partial charge in [-0.25, -0.2) is 0 Å². The molecule has 1 aromatic rings. The van der Waals surface area contributed by atoms with Crippen LogP contribution in [0.3, 0.4) is 0 Å². The van der Waals surface area contributed by atoms with Crippen LogP contribution in [0.1, 0.15) is 17.5 Å². The molecule has 1 N–H and O–H groups in total. The number of hydrogen-bond donors (Lipinski definition) is 1. The Morgan fingerprint density at radius 2 is 2.05 bits per heavy atom. The van der Waals surface area contributed by atoms with Gasteiger partial charge in [0.2, 0.25) is 5.91 Å². The molecule has 0 aromatic heterocycles. The first-order chi connectivity index (χ1) is 9.34. The molecule has 2 heterocycles. The molecule has 0 radical (unpaired) electrons. The standard InChI is InChI=1S/C15H20N2O2/c18-15(17-6-3-8-19-9-7-17)14-10-12-4-1-2-5-13(12)11-16-14/h1-2,4-5,14,16H,3,6-11H2/t14-/m1/s1. The minimum absolute atomic E-state index is 0.0759. The number of benzene rings is 1. The van der Waals surface area contributed by atoms with Crippen molar-refractivity contribution in [3.63, 3.8) is 0 Å². The zero-order valence-electron chi connectivity index (χ0n) is 11.1. The smallest absolute Gasteiger partial charge is 0.240 e. The quantitative estimate of drug-likeness (QED) is 0.817. The Kier molecular flexibility index (Phi) is 3.80. The second-order valence-electron chi connectivity index (χ2n) is 5.20. The van der Waals surface area contributed by atoms with Gasteiger partial charge in [-0.3, -0.25) is 4.79 Å². The molecule has 1 fully saturated rings. The molecule has 0 unspecified atom stereocenters. The molecule has 2 aliphatic rings. The maximum Gasteiger partial charge on any atom is 0.240 e. The van der Waals surface area contributed by atoms with E-state index in [1.807, 2.05) is 11.0 Å². The first-order valence-electron chi connectivity index (χ1n) is 7.01. The molecule has 2 aliphatic heterocycles. The van der Waals surface area contributed by atoms with Gasteiger partial charge in [0.1, 0.15) is 0 Å². The number of carbonyl (C=O) groups excluding carboxylic acids is 1. The van der Waals surface area contributed by atoms with Crippen molar-refractivity contribution >= 4 is 5.91 Å². The number of carbonyl (C=O) groups is 1. The van der Waals surface area contributed by atoms with Crippen molar-refractivity contribution in [1.29, 1.82) is 0 Å². The lowest BCUT2D eigenvalue weighted by Gasteiger charge is -2.30. The highest BCUT2D eigenvalue weighted by Crippen LogP contribution is 2.17. The topological polar surface area (TPSA) is 41.6 Å². The van der Waals surface area contributed by atoms with Crippen LogP contribution in [0.15, 0.2) is 24.3 Å². The molecule has 1 aromatic carbocycles. The van der Waals surface area contributed by atoms with E-state index in [1.165, 1.54) is 11.1 Å². The molecule has 0 spiro atoms. The molecule has 19 heavy (non-hydrogen) atoms. The molecule has 1 amide bonds. The molecule has 102 valence electrons. The Morgan fingerprint density at radius 3 is 2.95 bits per heavy atom. The summed E-state index contributed by atoms with van der Waals surface area (Å²) in [5, 5.41) is 3.36. The highest BCUT2D eigenvalue weighted by Gasteiger charge is 2.28. The maximum absolute atomic E-state index is 12.5. The Morgan fingerprint density at radius 1 is 1.21 bits per heavy atom. The van der Waals surface area contributed by atoms with Crippen LogP contribution in [-0.4, -0.2) is 43.2 Å². The lowest BCUT2D eigenvalue weighted by Crippen LogP contribution is -2.50. The maximum atomic E-state index is 12.5. The van der Waals surface area contributed by atoms with Gasteiger partial charge in [-0.2, -0.15) is 0 Å². The zero-order chi connectivity index (χ0) is 13.1. The number of ether oxygens (including phenoxy) is 1. The van der Waals surface area contributed by atoms with E-state index < -0.39 is 0 Å². The summed E-state index contributed by atoms with van der Waals surface area (Å²) >= 11 is 0. The van der Waals surface area contributed by atoms with Crippen molar-refractivity contribution in [2.24, 2.45) is 0 Å². The van der Waals surface area contributed by atoms with E-state index >= 15 is 0 Å². The summed E-state index contributed by atoms with van der Waals surface area (Å²) in [5.41, 5.74) is 2.61. The summed E-state index contributed by atoms with van der Waals surface area (Å²) in [6.07, 6.45) is 1.74. The molecule has 4 heteroatoms. The first-order valence-corrected chi connectivity index (χ1v) is 7.01. The molecule has 0 saturated carbocycles. The first kappa shape index (κ1) is 12.6. The lowest BCUT2D eigenvalue weighted by molar-refractivity contribution is -0.133. The fraction of sp³-hybridized carbons (Fsp3) is 0.533. The largest absolute Gasteiger partial charge is 0.380 e. The van der Waals surface area contributed by atoms with Crippen molar-refractivity contribution in [3.05, 3.63) is 35.4 Å². The minimum Gasteiger partial charge on any atom is -0.380 e. The molecule has 4 nitrogen and oxygen atoms in total. The van der Waals surface area contributed by atoms with Crippen molar-refractivity contribution in [2.75, 3.05) is 26.3 Å². The number of nitrogens with one attached hydrogen (secondary N) is 1. The Labute approximate surface area is 113 Å². The summed E-state index contributed by atoms with van der Waals surface area (Å²) in [6, 6.07) is 8.28. The molecule has 1 saturated heterocycles. The summed E-state index contributed by atoms with van der Waals surface area (Å²) in [4.78, 5) is 14.5. The summed E-state index contributed by atoms with van der Waals surface area (Å²) in [5.74, 6) is 0.222. The van der Waals surface area contributed by atoms with E-state index in [2.05, 4.69) is 23.5 Å². The van der Waals surface area contributed by atoms with Crippen LogP contribution in [-0.2, 0) is 22.5 Å². The van der Waals surface area contributed by atoms with Crippen molar-refractivity contribution < 1.29 is 9.53 Å². The molecule has 0 aliphatic carbocycles. The average Bonchev–Trinajstić information content (AvgIpc) is 2.75. The highest BCUT2D eigenvalue weighted by molar-refractivity contribution is 5.82. The number of nitrogens with zero attached hydrogens (tertiary/aromatic N) is 1. The number of fused-ring (bicyclic) bond motifs is 1. The fourth-order valence-electron chi connectivity index (χ4n) is 2.82. The molecular formula is C15H20N2O2. The van der Waals surface area contributed by atoms with Gasteiger partial charge >= 0.3 is 0 Å². The van der Waals surface area contributed by atoms with Crippen molar-refractivity contribution in [2.45, 2.75) is 25.4 Å². The van der Waals surface area contributed by atoms with Crippen LogP contribution < -0.4 is 5.32 Å². The summed E-state index contributed by atoms with van der Waals surface area (Å²) < 4.78 is 5.40. The van der Waals surface area contributed by atoms with Crippen molar-refractivity contribution in [1.82, 2.24) is 10.2 Å². The van der Waals surface area contributed by atoms with E-state index in [0.717, 1.165) is 39.1 Å². The predicted molar refractivity (Wildman–Crippen MR) is 72.8 cm³/mol. The minimum atomic E-state index is -0.0759. The number of hydrogen-bond acceptors (Lipinski definition) is 3. The third-order valence-electron chi connectivity index (χ3n) is 3.91. The predicted octanol–water partition coefficient (Wildman–Crippen LogP) is 0.950. The Balaban J connectivity index is 1.68.